The number of aromatic nitrogens is 1. The first-order valence-corrected chi connectivity index (χ1v) is 9.87. The van der Waals surface area contributed by atoms with Crippen LogP contribution in [0.5, 0.6) is 0 Å². The summed E-state index contributed by atoms with van der Waals surface area (Å²) in [5, 5.41) is 15.6. The molecule has 4 heteroatoms. The molecule has 1 aromatic heterocycles. The molecule has 0 spiro atoms. The molecular formula is C23H23N3S. The normalized spacial score (nSPS) is 11.5. The molecule has 0 unspecified atom stereocenters. The van der Waals surface area contributed by atoms with E-state index in [9.17, 15) is 5.26 Å². The summed E-state index contributed by atoms with van der Waals surface area (Å²) in [6, 6.07) is 16.8. The lowest BCUT2D eigenvalue weighted by Gasteiger charge is -2.12. The molecule has 3 aromatic rings. The molecule has 2 aromatic carbocycles. The summed E-state index contributed by atoms with van der Waals surface area (Å²) in [5.41, 5.74) is 7.27. The highest BCUT2D eigenvalue weighted by atomic mass is 32.1. The second kappa shape index (κ2) is 8.20. The second-order valence-electron chi connectivity index (χ2n) is 6.89. The van der Waals surface area contributed by atoms with Crippen LogP contribution in [0.25, 0.3) is 16.8 Å². The first-order chi connectivity index (χ1) is 13.0. The van der Waals surface area contributed by atoms with Gasteiger partial charge in [-0.2, -0.15) is 5.26 Å². The Bertz CT molecular complexity index is 1020. The van der Waals surface area contributed by atoms with Crippen molar-refractivity contribution in [3.05, 3.63) is 75.7 Å². The smallest absolute Gasteiger partial charge is 0.136 e. The summed E-state index contributed by atoms with van der Waals surface area (Å²) in [7, 11) is 0. The van der Waals surface area contributed by atoms with Crippen LogP contribution in [0.4, 0.5) is 5.69 Å². The van der Waals surface area contributed by atoms with Gasteiger partial charge in [0.15, 0.2) is 0 Å². The van der Waals surface area contributed by atoms with E-state index in [0.717, 1.165) is 22.0 Å². The fraction of sp³-hybridized carbons (Fsp3) is 0.217. The Balaban J connectivity index is 1.87. The van der Waals surface area contributed by atoms with Crippen LogP contribution in [0.3, 0.4) is 0 Å². The van der Waals surface area contributed by atoms with Crippen molar-refractivity contribution in [3.63, 3.8) is 0 Å². The SMILES string of the molecule is Cc1ccc(-c2csc(C(C#N)=CNc3ccccc3C(C)C)n2)cc1C. The number of hydrogen-bond acceptors (Lipinski definition) is 4. The summed E-state index contributed by atoms with van der Waals surface area (Å²) in [4.78, 5) is 4.68. The van der Waals surface area contributed by atoms with Gasteiger partial charge in [0.1, 0.15) is 16.6 Å². The number of nitriles is 1. The largest absolute Gasteiger partial charge is 0.360 e. The molecule has 136 valence electrons. The zero-order valence-corrected chi connectivity index (χ0v) is 16.9. The van der Waals surface area contributed by atoms with E-state index < -0.39 is 0 Å². The second-order valence-corrected chi connectivity index (χ2v) is 7.75. The van der Waals surface area contributed by atoms with E-state index in [4.69, 9.17) is 0 Å². The number of hydrogen-bond donors (Lipinski definition) is 1. The Labute approximate surface area is 165 Å². The number of nitrogens with zero attached hydrogens (tertiary/aromatic N) is 2. The van der Waals surface area contributed by atoms with Crippen LogP contribution in [-0.4, -0.2) is 4.98 Å². The number of allylic oxidation sites excluding steroid dienone is 1. The fourth-order valence-corrected chi connectivity index (χ4v) is 3.65. The Morgan fingerprint density at radius 3 is 2.63 bits per heavy atom. The van der Waals surface area contributed by atoms with Gasteiger partial charge in [0.05, 0.1) is 5.69 Å². The lowest BCUT2D eigenvalue weighted by Crippen LogP contribution is -1.97. The minimum atomic E-state index is 0.406. The highest BCUT2D eigenvalue weighted by Gasteiger charge is 2.10. The van der Waals surface area contributed by atoms with Crippen LogP contribution in [0, 0.1) is 25.2 Å². The highest BCUT2D eigenvalue weighted by molar-refractivity contribution is 7.11. The summed E-state index contributed by atoms with van der Waals surface area (Å²) in [6.07, 6.45) is 1.75. The van der Waals surface area contributed by atoms with Crippen LogP contribution in [-0.2, 0) is 0 Å². The van der Waals surface area contributed by atoms with Crippen molar-refractivity contribution in [2.24, 2.45) is 0 Å². The van der Waals surface area contributed by atoms with Crippen LogP contribution in [0.15, 0.2) is 54.0 Å². The molecule has 0 saturated carbocycles. The van der Waals surface area contributed by atoms with Gasteiger partial charge < -0.3 is 5.32 Å². The van der Waals surface area contributed by atoms with Gasteiger partial charge in [-0.05, 0) is 48.6 Å². The number of thiazole rings is 1. The van der Waals surface area contributed by atoms with Gasteiger partial charge in [-0.25, -0.2) is 4.98 Å². The lowest BCUT2D eigenvalue weighted by molar-refractivity contribution is 0.869. The van der Waals surface area contributed by atoms with Crippen molar-refractivity contribution in [2.75, 3.05) is 5.32 Å². The van der Waals surface area contributed by atoms with Gasteiger partial charge in [-0.15, -0.1) is 11.3 Å². The molecular weight excluding hydrogens is 350 g/mol. The zero-order valence-electron chi connectivity index (χ0n) is 16.1. The monoisotopic (exact) mass is 373 g/mol. The van der Waals surface area contributed by atoms with Crippen molar-refractivity contribution in [1.29, 1.82) is 5.26 Å². The van der Waals surface area contributed by atoms with Gasteiger partial charge in [-0.1, -0.05) is 44.2 Å². The van der Waals surface area contributed by atoms with Crippen LogP contribution in [0.2, 0.25) is 0 Å². The van der Waals surface area contributed by atoms with E-state index in [2.05, 4.69) is 68.3 Å². The van der Waals surface area contributed by atoms with Crippen LogP contribution in [0.1, 0.15) is 41.5 Å². The van der Waals surface area contributed by atoms with Crippen molar-refractivity contribution in [1.82, 2.24) is 4.98 Å². The van der Waals surface area contributed by atoms with Gasteiger partial charge in [0.25, 0.3) is 0 Å². The molecule has 0 fully saturated rings. The molecule has 27 heavy (non-hydrogen) atoms. The predicted molar refractivity (Wildman–Crippen MR) is 115 cm³/mol. The Morgan fingerprint density at radius 2 is 1.93 bits per heavy atom. The molecule has 1 heterocycles. The van der Waals surface area contributed by atoms with E-state index in [1.54, 1.807) is 6.20 Å². The number of para-hydroxylation sites is 1. The number of nitrogens with one attached hydrogen (secondary N) is 1. The van der Waals surface area contributed by atoms with E-state index in [1.165, 1.54) is 28.0 Å². The van der Waals surface area contributed by atoms with E-state index in [0.29, 0.717) is 11.5 Å². The molecule has 0 bridgehead atoms. The number of aryl methyl sites for hydroxylation is 2. The van der Waals surface area contributed by atoms with Gasteiger partial charge in [0, 0.05) is 22.8 Å². The molecule has 0 radical (unpaired) electrons. The number of benzene rings is 2. The molecule has 3 rings (SSSR count). The highest BCUT2D eigenvalue weighted by Crippen LogP contribution is 2.28. The van der Waals surface area contributed by atoms with Crippen molar-refractivity contribution < 1.29 is 0 Å². The maximum absolute atomic E-state index is 9.60. The zero-order chi connectivity index (χ0) is 19.4. The maximum atomic E-state index is 9.60. The molecule has 0 aliphatic carbocycles. The Morgan fingerprint density at radius 1 is 1.15 bits per heavy atom. The maximum Gasteiger partial charge on any atom is 0.136 e. The molecule has 0 aliphatic rings. The van der Waals surface area contributed by atoms with Gasteiger partial charge >= 0.3 is 0 Å². The number of anilines is 1. The van der Waals surface area contributed by atoms with Gasteiger partial charge in [0.2, 0.25) is 0 Å². The first-order valence-electron chi connectivity index (χ1n) is 8.99. The predicted octanol–water partition coefficient (Wildman–Crippen LogP) is 6.53. The van der Waals surface area contributed by atoms with Gasteiger partial charge in [-0.3, -0.25) is 0 Å². The summed E-state index contributed by atoms with van der Waals surface area (Å²) in [6.45, 7) is 8.52. The van der Waals surface area contributed by atoms with E-state index >= 15 is 0 Å². The molecule has 3 nitrogen and oxygen atoms in total. The Kier molecular flexibility index (Phi) is 5.73. The Hall–Kier alpha value is -2.90. The quantitative estimate of drug-likeness (QED) is 0.517. The summed E-state index contributed by atoms with van der Waals surface area (Å²) in [5.74, 6) is 0.406. The third-order valence-electron chi connectivity index (χ3n) is 4.61. The van der Waals surface area contributed by atoms with Crippen molar-refractivity contribution >= 4 is 22.6 Å². The molecule has 0 saturated heterocycles. The standard InChI is InChI=1S/C23H23N3S/c1-15(2)20-7-5-6-8-21(20)25-13-19(12-24)23-26-22(14-27-23)18-10-9-16(3)17(4)11-18/h5-11,13-15,25H,1-4H3. The molecule has 0 amide bonds. The average Bonchev–Trinajstić information content (AvgIpc) is 3.14. The molecule has 0 aliphatic heterocycles. The molecule has 1 N–H and O–H groups in total. The first kappa shape index (κ1) is 18.9. The topological polar surface area (TPSA) is 48.7 Å². The summed E-state index contributed by atoms with van der Waals surface area (Å²) >= 11 is 1.49. The van der Waals surface area contributed by atoms with Crippen LogP contribution < -0.4 is 5.32 Å². The minimum absolute atomic E-state index is 0.406. The lowest BCUT2D eigenvalue weighted by atomic mass is 10.0. The van der Waals surface area contributed by atoms with Crippen molar-refractivity contribution in [3.8, 4) is 17.3 Å². The van der Waals surface area contributed by atoms with E-state index in [-0.39, 0.29) is 0 Å². The van der Waals surface area contributed by atoms with Crippen LogP contribution >= 0.6 is 11.3 Å². The van der Waals surface area contributed by atoms with E-state index in [1.807, 2.05) is 23.6 Å². The fourth-order valence-electron chi connectivity index (χ4n) is 2.85. The van der Waals surface area contributed by atoms with Crippen molar-refractivity contribution in [2.45, 2.75) is 33.6 Å². The molecule has 0 atom stereocenters. The third-order valence-corrected chi connectivity index (χ3v) is 5.49. The number of rotatable bonds is 5. The third kappa shape index (κ3) is 4.27. The minimum Gasteiger partial charge on any atom is -0.360 e. The average molecular weight is 374 g/mol. The summed E-state index contributed by atoms with van der Waals surface area (Å²) < 4.78 is 0.